The van der Waals surface area contributed by atoms with E-state index in [4.69, 9.17) is 14.9 Å². The van der Waals surface area contributed by atoms with Crippen molar-refractivity contribution < 1.29 is 9.15 Å². The summed E-state index contributed by atoms with van der Waals surface area (Å²) in [6.45, 7) is 0.612. The van der Waals surface area contributed by atoms with Crippen LogP contribution >= 0.6 is 0 Å². The molecule has 3 heteroatoms. The van der Waals surface area contributed by atoms with E-state index < -0.39 is 0 Å². The molecule has 1 unspecified atom stereocenters. The molecule has 3 nitrogen and oxygen atoms in total. The Labute approximate surface area is 72.5 Å². The van der Waals surface area contributed by atoms with Crippen molar-refractivity contribution >= 4 is 0 Å². The smallest absolute Gasteiger partial charge is 0.103 e. The zero-order chi connectivity index (χ0) is 8.81. The van der Waals surface area contributed by atoms with E-state index in [1.807, 2.05) is 12.1 Å². The highest BCUT2D eigenvalue weighted by Gasteiger charge is 2.03. The molecule has 68 valence electrons. The molecule has 1 aromatic heterocycles. The number of hydrogen-bond acceptors (Lipinski definition) is 3. The maximum absolute atomic E-state index is 5.73. The molecule has 0 saturated heterocycles. The third-order valence-electron chi connectivity index (χ3n) is 1.72. The molecule has 0 spiro atoms. The topological polar surface area (TPSA) is 48.4 Å². The highest BCUT2D eigenvalue weighted by Crippen LogP contribution is 2.04. The van der Waals surface area contributed by atoms with Gasteiger partial charge in [-0.15, -0.1) is 0 Å². The van der Waals surface area contributed by atoms with E-state index in [-0.39, 0.29) is 6.04 Å². The average Bonchev–Trinajstić information content (AvgIpc) is 2.53. The first-order chi connectivity index (χ1) is 5.83. The summed E-state index contributed by atoms with van der Waals surface area (Å²) in [4.78, 5) is 0. The van der Waals surface area contributed by atoms with Gasteiger partial charge >= 0.3 is 0 Å². The summed E-state index contributed by atoms with van der Waals surface area (Å²) in [5.74, 6) is 0.988. The number of nitrogens with two attached hydrogens (primary N) is 1. The Morgan fingerprint density at radius 1 is 1.67 bits per heavy atom. The second kappa shape index (κ2) is 4.95. The number of hydrogen-bond donors (Lipinski definition) is 1. The van der Waals surface area contributed by atoms with Gasteiger partial charge in [-0.05, 0) is 18.6 Å². The summed E-state index contributed by atoms with van der Waals surface area (Å²) < 4.78 is 10.1. The van der Waals surface area contributed by atoms with Crippen LogP contribution in [0.1, 0.15) is 12.2 Å². The lowest BCUT2D eigenvalue weighted by Crippen LogP contribution is -2.25. The van der Waals surface area contributed by atoms with E-state index in [0.29, 0.717) is 6.61 Å². The van der Waals surface area contributed by atoms with Crippen molar-refractivity contribution in [3.8, 4) is 0 Å². The fraction of sp³-hybridized carbons (Fsp3) is 0.556. The van der Waals surface area contributed by atoms with Gasteiger partial charge in [-0.25, -0.2) is 0 Å². The first kappa shape index (κ1) is 9.29. The zero-order valence-electron chi connectivity index (χ0n) is 7.32. The van der Waals surface area contributed by atoms with Crippen LogP contribution in [0.25, 0.3) is 0 Å². The van der Waals surface area contributed by atoms with Crippen molar-refractivity contribution in [2.45, 2.75) is 18.9 Å². The largest absolute Gasteiger partial charge is 0.469 e. The minimum Gasteiger partial charge on any atom is -0.469 e. The van der Waals surface area contributed by atoms with Crippen molar-refractivity contribution in [3.63, 3.8) is 0 Å². The summed E-state index contributed by atoms with van der Waals surface area (Å²) in [6.07, 6.45) is 3.47. The van der Waals surface area contributed by atoms with Crippen LogP contribution in [-0.2, 0) is 11.2 Å². The molecule has 1 aromatic rings. The molecule has 1 heterocycles. The molecule has 0 fully saturated rings. The van der Waals surface area contributed by atoms with E-state index in [1.165, 1.54) is 0 Å². The molecule has 0 radical (unpaired) electrons. The summed E-state index contributed by atoms with van der Waals surface area (Å²) >= 11 is 0. The van der Waals surface area contributed by atoms with Gasteiger partial charge in [-0.2, -0.15) is 0 Å². The van der Waals surface area contributed by atoms with Crippen LogP contribution < -0.4 is 5.73 Å². The molecule has 12 heavy (non-hydrogen) atoms. The average molecular weight is 169 g/mol. The molecule has 0 bridgehead atoms. The summed E-state index contributed by atoms with van der Waals surface area (Å²) in [7, 11) is 1.66. The van der Waals surface area contributed by atoms with Crippen LogP contribution in [0.4, 0.5) is 0 Å². The standard InChI is InChI=1S/C9H15NO2/c1-11-7-8(10)4-5-9-3-2-6-12-9/h2-3,6,8H,4-5,7,10H2,1H3. The third-order valence-corrected chi connectivity index (χ3v) is 1.72. The maximum atomic E-state index is 5.73. The Bertz CT molecular complexity index is 196. The fourth-order valence-electron chi connectivity index (χ4n) is 1.08. The van der Waals surface area contributed by atoms with Gasteiger partial charge in [0, 0.05) is 19.6 Å². The van der Waals surface area contributed by atoms with Gasteiger partial charge in [-0.3, -0.25) is 0 Å². The van der Waals surface area contributed by atoms with Gasteiger partial charge in [0.25, 0.3) is 0 Å². The first-order valence-electron chi connectivity index (χ1n) is 4.10. The monoisotopic (exact) mass is 169 g/mol. The van der Waals surface area contributed by atoms with Crippen molar-refractivity contribution in [2.24, 2.45) is 5.73 Å². The van der Waals surface area contributed by atoms with Crippen LogP contribution in [0.3, 0.4) is 0 Å². The Balaban J connectivity index is 2.17. The minimum atomic E-state index is 0.111. The Hall–Kier alpha value is -0.800. The van der Waals surface area contributed by atoms with Gasteiger partial charge in [0.1, 0.15) is 5.76 Å². The van der Waals surface area contributed by atoms with Crippen LogP contribution in [0.2, 0.25) is 0 Å². The quantitative estimate of drug-likeness (QED) is 0.720. The lowest BCUT2D eigenvalue weighted by Gasteiger charge is -2.07. The van der Waals surface area contributed by atoms with Crippen molar-refractivity contribution in [3.05, 3.63) is 24.2 Å². The van der Waals surface area contributed by atoms with Crippen molar-refractivity contribution in [2.75, 3.05) is 13.7 Å². The van der Waals surface area contributed by atoms with Crippen LogP contribution in [0.15, 0.2) is 22.8 Å². The van der Waals surface area contributed by atoms with Crippen LogP contribution in [0.5, 0.6) is 0 Å². The number of ether oxygens (including phenoxy) is 1. The molecule has 0 aliphatic heterocycles. The molecule has 1 atom stereocenters. The highest BCUT2D eigenvalue weighted by molar-refractivity contribution is 4.98. The summed E-state index contributed by atoms with van der Waals surface area (Å²) in [5, 5.41) is 0. The minimum absolute atomic E-state index is 0.111. The Morgan fingerprint density at radius 2 is 2.50 bits per heavy atom. The second-order valence-corrected chi connectivity index (χ2v) is 2.83. The normalized spacial score (nSPS) is 13.2. The summed E-state index contributed by atoms with van der Waals surface area (Å²) in [6, 6.07) is 3.96. The fourth-order valence-corrected chi connectivity index (χ4v) is 1.08. The molecule has 0 aliphatic rings. The molecular formula is C9H15NO2. The zero-order valence-corrected chi connectivity index (χ0v) is 7.32. The Morgan fingerprint density at radius 3 is 3.08 bits per heavy atom. The first-order valence-corrected chi connectivity index (χ1v) is 4.10. The van der Waals surface area contributed by atoms with E-state index >= 15 is 0 Å². The number of rotatable bonds is 5. The maximum Gasteiger partial charge on any atom is 0.103 e. The van der Waals surface area contributed by atoms with Crippen molar-refractivity contribution in [1.29, 1.82) is 0 Å². The number of aryl methyl sites for hydroxylation is 1. The summed E-state index contributed by atoms with van der Waals surface area (Å²) in [5.41, 5.74) is 5.73. The highest BCUT2D eigenvalue weighted by atomic mass is 16.5. The van der Waals surface area contributed by atoms with Gasteiger partial charge in [0.05, 0.1) is 12.9 Å². The molecule has 0 aromatic carbocycles. The Kier molecular flexibility index (Phi) is 3.84. The predicted octanol–water partition coefficient (Wildman–Crippen LogP) is 1.19. The third kappa shape index (κ3) is 3.07. The lowest BCUT2D eigenvalue weighted by atomic mass is 10.1. The van der Waals surface area contributed by atoms with E-state index in [9.17, 15) is 0 Å². The van der Waals surface area contributed by atoms with Gasteiger partial charge in [0.2, 0.25) is 0 Å². The molecule has 0 amide bonds. The van der Waals surface area contributed by atoms with Gasteiger partial charge < -0.3 is 14.9 Å². The van der Waals surface area contributed by atoms with Crippen molar-refractivity contribution in [1.82, 2.24) is 0 Å². The SMILES string of the molecule is COCC(N)CCc1ccco1. The van der Waals surface area contributed by atoms with E-state index in [0.717, 1.165) is 18.6 Å². The number of methoxy groups -OCH3 is 1. The molecule has 0 saturated carbocycles. The predicted molar refractivity (Wildman–Crippen MR) is 46.9 cm³/mol. The molecule has 2 N–H and O–H groups in total. The van der Waals surface area contributed by atoms with Gasteiger partial charge in [-0.1, -0.05) is 0 Å². The van der Waals surface area contributed by atoms with E-state index in [2.05, 4.69) is 0 Å². The second-order valence-electron chi connectivity index (χ2n) is 2.83. The molecule has 1 rings (SSSR count). The number of furan rings is 1. The molecular weight excluding hydrogens is 154 g/mol. The van der Waals surface area contributed by atoms with E-state index in [1.54, 1.807) is 13.4 Å². The van der Waals surface area contributed by atoms with Gasteiger partial charge in [0.15, 0.2) is 0 Å². The lowest BCUT2D eigenvalue weighted by molar-refractivity contribution is 0.176. The van der Waals surface area contributed by atoms with Crippen LogP contribution in [-0.4, -0.2) is 19.8 Å². The van der Waals surface area contributed by atoms with Crippen LogP contribution in [0, 0.1) is 0 Å². The molecule has 0 aliphatic carbocycles.